The summed E-state index contributed by atoms with van der Waals surface area (Å²) in [7, 11) is -2.31. The first-order valence-corrected chi connectivity index (χ1v) is 12.1. The number of thioether (sulfide) groups is 1. The Hall–Kier alpha value is -1.74. The summed E-state index contributed by atoms with van der Waals surface area (Å²) in [5, 5.41) is 3.44. The Morgan fingerprint density at radius 1 is 1.21 bits per heavy atom. The number of hydrogen-bond acceptors (Lipinski definition) is 5. The van der Waals surface area contributed by atoms with Crippen LogP contribution in [0.4, 0.5) is 0 Å². The fourth-order valence-electron chi connectivity index (χ4n) is 2.50. The molecule has 0 spiro atoms. The van der Waals surface area contributed by atoms with Gasteiger partial charge in [0.2, 0.25) is 10.0 Å². The van der Waals surface area contributed by atoms with Gasteiger partial charge < -0.3 is 10.1 Å². The summed E-state index contributed by atoms with van der Waals surface area (Å²) in [6, 6.07) is 11.7. The molecule has 2 aromatic carbocycles. The lowest BCUT2D eigenvalue weighted by molar-refractivity contribution is 0.0940. The van der Waals surface area contributed by atoms with E-state index in [0.29, 0.717) is 22.3 Å². The molecule has 0 heterocycles. The third-order valence-electron chi connectivity index (χ3n) is 3.90. The smallest absolute Gasteiger partial charge is 0.255 e. The molecule has 0 atom stereocenters. The van der Waals surface area contributed by atoms with Crippen LogP contribution < -0.4 is 14.8 Å². The van der Waals surface area contributed by atoms with Crippen molar-refractivity contribution in [2.75, 3.05) is 19.4 Å². The van der Waals surface area contributed by atoms with Crippen LogP contribution in [0.2, 0.25) is 5.02 Å². The highest BCUT2D eigenvalue weighted by Gasteiger charge is 2.20. The van der Waals surface area contributed by atoms with Crippen LogP contribution in [-0.2, 0) is 15.8 Å². The maximum absolute atomic E-state index is 12.6. The van der Waals surface area contributed by atoms with E-state index in [9.17, 15) is 13.2 Å². The minimum atomic E-state index is -3.75. The molecule has 0 aliphatic rings. The van der Waals surface area contributed by atoms with Crippen molar-refractivity contribution in [3.05, 3.63) is 58.6 Å². The van der Waals surface area contributed by atoms with Gasteiger partial charge >= 0.3 is 0 Å². The molecule has 158 valence electrons. The van der Waals surface area contributed by atoms with E-state index in [0.717, 1.165) is 5.56 Å². The van der Waals surface area contributed by atoms with Gasteiger partial charge in [-0.2, -0.15) is 11.8 Å². The van der Waals surface area contributed by atoms with Gasteiger partial charge in [-0.25, -0.2) is 13.1 Å². The molecule has 9 heteroatoms. The van der Waals surface area contributed by atoms with Crippen LogP contribution in [0.3, 0.4) is 0 Å². The van der Waals surface area contributed by atoms with Crippen LogP contribution in [0.25, 0.3) is 0 Å². The largest absolute Gasteiger partial charge is 0.496 e. The molecule has 6 nitrogen and oxygen atoms in total. The Kier molecular flexibility index (Phi) is 8.82. The molecule has 0 saturated heterocycles. The monoisotopic (exact) mass is 456 g/mol. The minimum Gasteiger partial charge on any atom is -0.496 e. The van der Waals surface area contributed by atoms with Crippen LogP contribution in [0.5, 0.6) is 5.75 Å². The zero-order chi connectivity index (χ0) is 21.4. The van der Waals surface area contributed by atoms with Crippen molar-refractivity contribution in [1.82, 2.24) is 10.0 Å². The predicted octanol–water partition coefficient (Wildman–Crippen LogP) is 3.70. The fraction of sp³-hybridized carbons (Fsp3) is 0.350. The zero-order valence-electron chi connectivity index (χ0n) is 16.6. The van der Waals surface area contributed by atoms with Gasteiger partial charge in [0, 0.05) is 29.1 Å². The Morgan fingerprint density at radius 3 is 2.59 bits per heavy atom. The van der Waals surface area contributed by atoms with Crippen LogP contribution in [0.15, 0.2) is 47.4 Å². The highest BCUT2D eigenvalue weighted by Crippen LogP contribution is 2.23. The third-order valence-corrected chi connectivity index (χ3v) is 6.73. The van der Waals surface area contributed by atoms with Crippen molar-refractivity contribution in [3.63, 3.8) is 0 Å². The number of nitrogens with one attached hydrogen (secondary N) is 2. The highest BCUT2D eigenvalue weighted by molar-refractivity contribution is 7.98. The van der Waals surface area contributed by atoms with E-state index in [4.69, 9.17) is 16.3 Å². The topological polar surface area (TPSA) is 84.5 Å². The normalized spacial score (nSPS) is 11.5. The van der Waals surface area contributed by atoms with Crippen LogP contribution in [0.1, 0.15) is 29.8 Å². The molecular formula is C20H25ClN2O4S2. The lowest BCUT2D eigenvalue weighted by Crippen LogP contribution is -2.31. The fourth-order valence-corrected chi connectivity index (χ4v) is 4.83. The molecular weight excluding hydrogens is 432 g/mol. The minimum absolute atomic E-state index is 0.0170. The van der Waals surface area contributed by atoms with Crippen LogP contribution in [0, 0.1) is 0 Å². The molecule has 0 aliphatic heterocycles. The number of rotatable bonds is 10. The second-order valence-electron chi connectivity index (χ2n) is 6.53. The number of ether oxygens (including phenoxy) is 1. The second kappa shape index (κ2) is 10.9. The summed E-state index contributed by atoms with van der Waals surface area (Å²) in [5.41, 5.74) is 1.19. The molecule has 0 bridgehead atoms. The molecule has 0 radical (unpaired) electrons. The van der Waals surface area contributed by atoms with Crippen molar-refractivity contribution in [2.24, 2.45) is 0 Å². The van der Waals surface area contributed by atoms with E-state index in [2.05, 4.69) is 10.0 Å². The molecule has 2 aromatic rings. The SMILES string of the molecule is COc1ccc(S(=O)(=O)NCCSCc2ccccc2Cl)cc1C(=O)NC(C)C. The first-order chi connectivity index (χ1) is 13.7. The van der Waals surface area contributed by atoms with E-state index in [1.165, 1.54) is 25.3 Å². The number of halogens is 1. The molecule has 0 unspecified atom stereocenters. The first kappa shape index (κ1) is 23.5. The molecule has 0 saturated carbocycles. The Morgan fingerprint density at radius 2 is 1.93 bits per heavy atom. The average molecular weight is 457 g/mol. The van der Waals surface area contributed by atoms with Crippen molar-refractivity contribution in [3.8, 4) is 5.75 Å². The second-order valence-corrected chi connectivity index (χ2v) is 9.81. The van der Waals surface area contributed by atoms with Gasteiger partial charge in [0.05, 0.1) is 17.6 Å². The Labute approximate surface area is 181 Å². The summed E-state index contributed by atoms with van der Waals surface area (Å²) in [6.07, 6.45) is 0. The lowest BCUT2D eigenvalue weighted by Gasteiger charge is -2.13. The molecule has 29 heavy (non-hydrogen) atoms. The van der Waals surface area contributed by atoms with Crippen molar-refractivity contribution in [1.29, 1.82) is 0 Å². The van der Waals surface area contributed by atoms with Crippen molar-refractivity contribution < 1.29 is 17.9 Å². The van der Waals surface area contributed by atoms with Crippen LogP contribution >= 0.6 is 23.4 Å². The predicted molar refractivity (Wildman–Crippen MR) is 118 cm³/mol. The number of hydrogen-bond donors (Lipinski definition) is 2. The summed E-state index contributed by atoms with van der Waals surface area (Å²) in [4.78, 5) is 12.4. The summed E-state index contributed by atoms with van der Waals surface area (Å²) in [6.45, 7) is 3.91. The third kappa shape index (κ3) is 6.92. The van der Waals surface area contributed by atoms with Gasteiger partial charge in [0.25, 0.3) is 5.91 Å². The highest BCUT2D eigenvalue weighted by atomic mass is 35.5. The zero-order valence-corrected chi connectivity index (χ0v) is 19.0. The van der Waals surface area contributed by atoms with E-state index in [-0.39, 0.29) is 29.0 Å². The number of sulfonamides is 1. The van der Waals surface area contributed by atoms with E-state index in [1.54, 1.807) is 11.8 Å². The molecule has 2 rings (SSSR count). The maximum Gasteiger partial charge on any atom is 0.255 e. The van der Waals surface area contributed by atoms with Crippen molar-refractivity contribution in [2.45, 2.75) is 30.5 Å². The van der Waals surface area contributed by atoms with Crippen molar-refractivity contribution >= 4 is 39.3 Å². The number of benzene rings is 2. The van der Waals surface area contributed by atoms with E-state index >= 15 is 0 Å². The lowest BCUT2D eigenvalue weighted by atomic mass is 10.2. The summed E-state index contributed by atoms with van der Waals surface area (Å²) in [5.74, 6) is 1.21. The average Bonchev–Trinajstić information content (AvgIpc) is 2.68. The summed E-state index contributed by atoms with van der Waals surface area (Å²) >= 11 is 7.70. The number of carbonyl (C=O) groups excluding carboxylic acids is 1. The van der Waals surface area contributed by atoms with Gasteiger partial charge in [-0.1, -0.05) is 29.8 Å². The maximum atomic E-state index is 12.6. The molecule has 1 amide bonds. The number of methoxy groups -OCH3 is 1. The van der Waals surface area contributed by atoms with Gasteiger partial charge in [-0.05, 0) is 43.7 Å². The quantitative estimate of drug-likeness (QED) is 0.532. The number of amides is 1. The first-order valence-electron chi connectivity index (χ1n) is 9.04. The van der Waals surface area contributed by atoms with Crippen LogP contribution in [-0.4, -0.2) is 39.8 Å². The molecule has 0 fully saturated rings. The van der Waals surface area contributed by atoms with E-state index in [1.807, 2.05) is 38.1 Å². The molecule has 2 N–H and O–H groups in total. The van der Waals surface area contributed by atoms with Gasteiger partial charge in [-0.3, -0.25) is 4.79 Å². The van der Waals surface area contributed by atoms with Gasteiger partial charge in [0.1, 0.15) is 5.75 Å². The van der Waals surface area contributed by atoms with Gasteiger partial charge in [-0.15, -0.1) is 0 Å². The Bertz CT molecular complexity index is 949. The molecule has 0 aliphatic carbocycles. The molecule has 0 aromatic heterocycles. The van der Waals surface area contributed by atoms with Gasteiger partial charge in [0.15, 0.2) is 0 Å². The summed E-state index contributed by atoms with van der Waals surface area (Å²) < 4.78 is 33.0. The standard InChI is InChI=1S/C20H25ClN2O4S2/c1-14(2)23-20(24)17-12-16(8-9-19(17)27-3)29(25,26)22-10-11-28-13-15-6-4-5-7-18(15)21/h4-9,12,14,22H,10-11,13H2,1-3H3,(H,23,24). The Balaban J connectivity index is 1.99. The number of carbonyl (C=O) groups is 1. The van der Waals surface area contributed by atoms with E-state index < -0.39 is 10.0 Å².